The van der Waals surface area contributed by atoms with E-state index in [-0.39, 0.29) is 18.4 Å². The summed E-state index contributed by atoms with van der Waals surface area (Å²) < 4.78 is 16.2. The van der Waals surface area contributed by atoms with Gasteiger partial charge in [-0.05, 0) is 36.4 Å². The molecule has 1 aliphatic rings. The number of amides is 2. The Morgan fingerprint density at radius 1 is 1.04 bits per heavy atom. The number of hydrogen-bond acceptors (Lipinski definition) is 5. The van der Waals surface area contributed by atoms with Crippen LogP contribution in [0.15, 0.2) is 42.5 Å². The lowest BCUT2D eigenvalue weighted by Gasteiger charge is -2.11. The molecule has 0 aromatic heterocycles. The summed E-state index contributed by atoms with van der Waals surface area (Å²) in [6.07, 6.45) is 0.813. The van der Waals surface area contributed by atoms with Gasteiger partial charge in [0.1, 0.15) is 5.75 Å². The Balaban J connectivity index is 1.53. The van der Waals surface area contributed by atoms with Gasteiger partial charge in [-0.3, -0.25) is 9.59 Å². The van der Waals surface area contributed by atoms with Crippen LogP contribution in [0, 0.1) is 0 Å². The molecule has 7 heteroatoms. The second-order valence-corrected chi connectivity index (χ2v) is 5.67. The van der Waals surface area contributed by atoms with Gasteiger partial charge in [0.15, 0.2) is 11.5 Å². The van der Waals surface area contributed by atoms with Gasteiger partial charge >= 0.3 is 0 Å². The van der Waals surface area contributed by atoms with Gasteiger partial charge in [-0.15, -0.1) is 0 Å². The minimum atomic E-state index is -0.332. The molecule has 0 atom stereocenters. The molecule has 0 unspecified atom stereocenters. The lowest BCUT2D eigenvalue weighted by atomic mass is 10.2. The molecule has 0 saturated carbocycles. The molecule has 3 rings (SSSR count). The molecule has 2 aromatic carbocycles. The van der Waals surface area contributed by atoms with Crippen LogP contribution < -0.4 is 24.8 Å². The Morgan fingerprint density at radius 3 is 2.50 bits per heavy atom. The van der Waals surface area contributed by atoms with Crippen molar-refractivity contribution in [2.45, 2.75) is 6.42 Å². The van der Waals surface area contributed by atoms with E-state index in [1.54, 1.807) is 49.6 Å². The van der Waals surface area contributed by atoms with E-state index in [1.807, 2.05) is 0 Å². The van der Waals surface area contributed by atoms with Crippen molar-refractivity contribution in [3.05, 3.63) is 48.0 Å². The minimum Gasteiger partial charge on any atom is -0.497 e. The van der Waals surface area contributed by atoms with E-state index in [4.69, 9.17) is 14.2 Å². The molecule has 0 aliphatic carbocycles. The van der Waals surface area contributed by atoms with Gasteiger partial charge in [-0.25, -0.2) is 0 Å². The van der Waals surface area contributed by atoms with Gasteiger partial charge in [0.2, 0.25) is 5.91 Å². The van der Waals surface area contributed by atoms with Crippen molar-refractivity contribution in [3.8, 4) is 17.2 Å². The smallest absolute Gasteiger partial charge is 0.251 e. The van der Waals surface area contributed by atoms with Crippen LogP contribution in [0.3, 0.4) is 0 Å². The average molecular weight is 356 g/mol. The zero-order valence-corrected chi connectivity index (χ0v) is 14.4. The third-order valence-corrected chi connectivity index (χ3v) is 3.79. The minimum absolute atomic E-state index is 0.140. The zero-order valence-electron chi connectivity index (χ0n) is 14.4. The molecule has 2 amide bonds. The summed E-state index contributed by atoms with van der Waals surface area (Å²) in [6.45, 7) is 1.04. The lowest BCUT2D eigenvalue weighted by Crippen LogP contribution is -2.32. The number of fused-ring (bicyclic) bond motifs is 1. The van der Waals surface area contributed by atoms with Gasteiger partial charge in [-0.1, -0.05) is 0 Å². The highest BCUT2D eigenvalue weighted by Gasteiger charge is 2.13. The Labute approximate surface area is 151 Å². The maximum absolute atomic E-state index is 12.1. The summed E-state index contributed by atoms with van der Waals surface area (Å²) in [5.74, 6) is 1.26. The second-order valence-electron chi connectivity index (χ2n) is 5.67. The van der Waals surface area contributed by atoms with Crippen LogP contribution in [0.25, 0.3) is 0 Å². The molecule has 136 valence electrons. The monoisotopic (exact) mass is 356 g/mol. The molecule has 0 spiro atoms. The summed E-state index contributed by atoms with van der Waals surface area (Å²) in [6, 6.07) is 11.8. The topological polar surface area (TPSA) is 85.9 Å². The molecule has 1 heterocycles. The first-order valence-corrected chi connectivity index (χ1v) is 8.27. The number of nitrogens with one attached hydrogen (secondary N) is 2. The van der Waals surface area contributed by atoms with Crippen LogP contribution in [0.5, 0.6) is 17.2 Å². The lowest BCUT2D eigenvalue weighted by molar-refractivity contribution is -0.115. The van der Waals surface area contributed by atoms with Crippen LogP contribution in [-0.4, -0.2) is 38.7 Å². The van der Waals surface area contributed by atoms with E-state index in [0.717, 1.165) is 6.42 Å². The van der Waals surface area contributed by atoms with Crippen molar-refractivity contribution in [2.24, 2.45) is 0 Å². The van der Waals surface area contributed by atoms with E-state index in [9.17, 15) is 9.59 Å². The van der Waals surface area contributed by atoms with Crippen molar-refractivity contribution >= 4 is 17.5 Å². The molecule has 0 radical (unpaired) electrons. The molecule has 0 saturated heterocycles. The Bertz CT molecular complexity index is 789. The first-order chi connectivity index (χ1) is 12.7. The molecule has 2 N–H and O–H groups in total. The molecular formula is C19H20N2O5. The van der Waals surface area contributed by atoms with Crippen molar-refractivity contribution in [3.63, 3.8) is 0 Å². The van der Waals surface area contributed by atoms with Gasteiger partial charge < -0.3 is 24.8 Å². The molecule has 7 nitrogen and oxygen atoms in total. The van der Waals surface area contributed by atoms with E-state index in [1.165, 1.54) is 0 Å². The highest BCUT2D eigenvalue weighted by atomic mass is 16.5. The van der Waals surface area contributed by atoms with E-state index in [0.29, 0.717) is 41.7 Å². The van der Waals surface area contributed by atoms with Crippen molar-refractivity contribution < 1.29 is 23.8 Å². The largest absolute Gasteiger partial charge is 0.497 e. The number of anilines is 1. The van der Waals surface area contributed by atoms with Gasteiger partial charge in [0.05, 0.1) is 26.9 Å². The predicted octanol–water partition coefficient (Wildman–Crippen LogP) is 2.22. The number of rotatable bonds is 5. The third kappa shape index (κ3) is 4.44. The maximum Gasteiger partial charge on any atom is 0.251 e. The van der Waals surface area contributed by atoms with Gasteiger partial charge in [0, 0.05) is 23.7 Å². The fourth-order valence-corrected chi connectivity index (χ4v) is 2.45. The standard InChI is InChI=1S/C19H20N2O5/c1-24-15-6-3-13(4-7-15)19(23)20-12-18(22)21-14-5-8-16-17(11-14)26-10-2-9-25-16/h3-8,11H,2,9-10,12H2,1H3,(H,20,23)(H,21,22). The van der Waals surface area contributed by atoms with Crippen LogP contribution >= 0.6 is 0 Å². The fourth-order valence-electron chi connectivity index (χ4n) is 2.45. The summed E-state index contributed by atoms with van der Waals surface area (Å²) >= 11 is 0. The molecule has 26 heavy (non-hydrogen) atoms. The zero-order chi connectivity index (χ0) is 18.4. The first-order valence-electron chi connectivity index (χ1n) is 8.27. The SMILES string of the molecule is COc1ccc(C(=O)NCC(=O)Nc2ccc3c(c2)OCCCO3)cc1. The third-order valence-electron chi connectivity index (χ3n) is 3.79. The fraction of sp³-hybridized carbons (Fsp3) is 0.263. The normalized spacial score (nSPS) is 12.7. The Kier molecular flexibility index (Phi) is 5.58. The highest BCUT2D eigenvalue weighted by Crippen LogP contribution is 2.32. The van der Waals surface area contributed by atoms with E-state index >= 15 is 0 Å². The number of benzene rings is 2. The summed E-state index contributed by atoms with van der Waals surface area (Å²) in [7, 11) is 1.55. The summed E-state index contributed by atoms with van der Waals surface area (Å²) in [5, 5.41) is 5.31. The van der Waals surface area contributed by atoms with Crippen LogP contribution in [0.1, 0.15) is 16.8 Å². The van der Waals surface area contributed by atoms with Gasteiger partial charge in [0.25, 0.3) is 5.91 Å². The molecular weight excluding hydrogens is 336 g/mol. The predicted molar refractivity (Wildman–Crippen MR) is 96.0 cm³/mol. The number of carbonyl (C=O) groups is 2. The summed E-state index contributed by atoms with van der Waals surface area (Å²) in [4.78, 5) is 24.1. The van der Waals surface area contributed by atoms with Crippen LogP contribution in [-0.2, 0) is 4.79 Å². The average Bonchev–Trinajstić information content (AvgIpc) is 2.91. The first kappa shape index (κ1) is 17.6. The summed E-state index contributed by atoms with van der Waals surface area (Å²) in [5.41, 5.74) is 1.03. The number of methoxy groups -OCH3 is 1. The van der Waals surface area contributed by atoms with Gasteiger partial charge in [-0.2, -0.15) is 0 Å². The number of ether oxygens (including phenoxy) is 3. The molecule has 2 aromatic rings. The van der Waals surface area contributed by atoms with E-state index < -0.39 is 0 Å². The maximum atomic E-state index is 12.1. The highest BCUT2D eigenvalue weighted by molar-refractivity contribution is 5.99. The molecule has 0 bridgehead atoms. The molecule has 1 aliphatic heterocycles. The number of hydrogen-bond donors (Lipinski definition) is 2. The van der Waals surface area contributed by atoms with Crippen molar-refractivity contribution in [1.29, 1.82) is 0 Å². The van der Waals surface area contributed by atoms with Crippen molar-refractivity contribution in [1.82, 2.24) is 5.32 Å². The number of carbonyl (C=O) groups excluding carboxylic acids is 2. The Morgan fingerprint density at radius 2 is 1.77 bits per heavy atom. The quantitative estimate of drug-likeness (QED) is 0.858. The Hall–Kier alpha value is -3.22. The molecule has 0 fully saturated rings. The van der Waals surface area contributed by atoms with E-state index in [2.05, 4.69) is 10.6 Å². The van der Waals surface area contributed by atoms with Crippen molar-refractivity contribution in [2.75, 3.05) is 32.2 Å². The van der Waals surface area contributed by atoms with Crippen LogP contribution in [0.4, 0.5) is 5.69 Å². The van der Waals surface area contributed by atoms with Crippen LogP contribution in [0.2, 0.25) is 0 Å². The second kappa shape index (κ2) is 8.24.